The lowest BCUT2D eigenvalue weighted by atomic mass is 9.72. The minimum Gasteiger partial charge on any atom is -0.427 e. The van der Waals surface area contributed by atoms with Crippen molar-refractivity contribution in [2.45, 2.75) is 24.1 Å². The number of hydrogen-bond donors (Lipinski definition) is 2. The predicted octanol–water partition coefficient (Wildman–Crippen LogP) is 0.232. The lowest BCUT2D eigenvalue weighted by Crippen LogP contribution is -2.30. The standard InChI is InChI=1S/C11H16BNO4S/c1-9-2-4-11(5-3-9)18(16,17)13-7-6-10(8-13)12(14)15/h2-5,10,14-15H,6-8H2,1H3. The molecule has 1 aliphatic heterocycles. The Kier molecular flexibility index (Phi) is 3.77. The van der Waals surface area contributed by atoms with Crippen LogP contribution in [0.3, 0.4) is 0 Å². The molecule has 0 aromatic heterocycles. The average molecular weight is 269 g/mol. The molecule has 0 saturated carbocycles. The molecule has 98 valence electrons. The molecule has 0 aliphatic carbocycles. The molecule has 18 heavy (non-hydrogen) atoms. The van der Waals surface area contributed by atoms with Crippen LogP contribution in [0.4, 0.5) is 0 Å². The van der Waals surface area contributed by atoms with Gasteiger partial charge in [0.15, 0.2) is 0 Å². The molecule has 1 heterocycles. The minimum absolute atomic E-state index is 0.161. The lowest BCUT2D eigenvalue weighted by Gasteiger charge is -2.16. The Morgan fingerprint density at radius 1 is 1.28 bits per heavy atom. The third-order valence-electron chi connectivity index (χ3n) is 3.27. The van der Waals surface area contributed by atoms with E-state index in [9.17, 15) is 8.42 Å². The van der Waals surface area contributed by atoms with Gasteiger partial charge in [-0.25, -0.2) is 8.42 Å². The zero-order chi connectivity index (χ0) is 13.3. The topological polar surface area (TPSA) is 77.8 Å². The summed E-state index contributed by atoms with van der Waals surface area (Å²) in [7, 11) is -4.97. The number of nitrogens with zero attached hydrogens (tertiary/aromatic N) is 1. The summed E-state index contributed by atoms with van der Waals surface area (Å²) in [4.78, 5) is 0.251. The Morgan fingerprint density at radius 2 is 1.89 bits per heavy atom. The maximum absolute atomic E-state index is 12.3. The smallest absolute Gasteiger partial charge is 0.427 e. The number of sulfonamides is 1. The fraction of sp³-hybridized carbons (Fsp3) is 0.455. The van der Waals surface area contributed by atoms with E-state index >= 15 is 0 Å². The molecular formula is C11H16BNO4S. The number of hydrogen-bond acceptors (Lipinski definition) is 4. The molecule has 1 aliphatic rings. The van der Waals surface area contributed by atoms with Crippen LogP contribution in [0.25, 0.3) is 0 Å². The molecule has 1 aromatic rings. The van der Waals surface area contributed by atoms with Gasteiger partial charge >= 0.3 is 7.12 Å². The van der Waals surface area contributed by atoms with E-state index in [0.29, 0.717) is 13.0 Å². The molecule has 1 fully saturated rings. The Bertz CT molecular complexity index is 514. The van der Waals surface area contributed by atoms with Gasteiger partial charge in [0.05, 0.1) is 4.90 Å². The van der Waals surface area contributed by atoms with Gasteiger partial charge in [-0.15, -0.1) is 0 Å². The van der Waals surface area contributed by atoms with Crippen LogP contribution in [-0.2, 0) is 10.0 Å². The first-order valence-electron chi connectivity index (χ1n) is 5.84. The van der Waals surface area contributed by atoms with Crippen molar-refractivity contribution in [3.8, 4) is 0 Å². The van der Waals surface area contributed by atoms with Crippen molar-refractivity contribution in [3.05, 3.63) is 29.8 Å². The number of benzene rings is 1. The molecule has 1 atom stereocenters. The highest BCUT2D eigenvalue weighted by Gasteiger charge is 2.37. The van der Waals surface area contributed by atoms with Crippen LogP contribution < -0.4 is 0 Å². The first-order chi connectivity index (χ1) is 8.41. The minimum atomic E-state index is -3.51. The maximum atomic E-state index is 12.3. The van der Waals surface area contributed by atoms with Gasteiger partial charge in [0, 0.05) is 18.9 Å². The average Bonchev–Trinajstić information content (AvgIpc) is 2.79. The molecule has 0 radical (unpaired) electrons. The summed E-state index contributed by atoms with van der Waals surface area (Å²) in [5, 5.41) is 18.2. The third kappa shape index (κ3) is 2.59. The summed E-state index contributed by atoms with van der Waals surface area (Å²) in [5.41, 5.74) is 0.999. The van der Waals surface area contributed by atoms with Crippen molar-refractivity contribution in [1.29, 1.82) is 0 Å². The second-order valence-corrected chi connectivity index (χ2v) is 6.58. The van der Waals surface area contributed by atoms with Gasteiger partial charge in [-0.3, -0.25) is 0 Å². The van der Waals surface area contributed by atoms with Gasteiger partial charge in [-0.2, -0.15) is 4.31 Å². The van der Waals surface area contributed by atoms with Gasteiger partial charge in [0.2, 0.25) is 10.0 Å². The number of aryl methyl sites for hydroxylation is 1. The second-order valence-electron chi connectivity index (χ2n) is 4.64. The van der Waals surface area contributed by atoms with Crippen LogP contribution in [0, 0.1) is 6.92 Å². The van der Waals surface area contributed by atoms with Gasteiger partial charge in [0.1, 0.15) is 0 Å². The van der Waals surface area contributed by atoms with Crippen LogP contribution in [0.5, 0.6) is 0 Å². The van der Waals surface area contributed by atoms with Crippen LogP contribution in [-0.4, -0.2) is 43.0 Å². The predicted molar refractivity (Wildman–Crippen MR) is 68.5 cm³/mol. The van der Waals surface area contributed by atoms with Gasteiger partial charge in [-0.05, 0) is 25.5 Å². The van der Waals surface area contributed by atoms with Gasteiger partial charge in [0.25, 0.3) is 0 Å². The van der Waals surface area contributed by atoms with Crippen molar-refractivity contribution >= 4 is 17.1 Å². The Morgan fingerprint density at radius 3 is 2.39 bits per heavy atom. The normalized spacial score (nSPS) is 21.2. The van der Waals surface area contributed by atoms with E-state index in [0.717, 1.165) is 5.56 Å². The van der Waals surface area contributed by atoms with E-state index in [-0.39, 0.29) is 11.4 Å². The van der Waals surface area contributed by atoms with E-state index in [1.165, 1.54) is 4.31 Å². The SMILES string of the molecule is Cc1ccc(S(=O)(=O)N2CCC(B(O)O)C2)cc1. The second kappa shape index (κ2) is 5.01. The molecule has 0 bridgehead atoms. The first kappa shape index (κ1) is 13.5. The summed E-state index contributed by atoms with van der Waals surface area (Å²) in [6, 6.07) is 6.66. The van der Waals surface area contributed by atoms with E-state index in [1.54, 1.807) is 24.3 Å². The van der Waals surface area contributed by atoms with E-state index in [4.69, 9.17) is 10.0 Å². The van der Waals surface area contributed by atoms with Crippen molar-refractivity contribution in [2.75, 3.05) is 13.1 Å². The van der Waals surface area contributed by atoms with Crippen molar-refractivity contribution in [3.63, 3.8) is 0 Å². The highest BCUT2D eigenvalue weighted by Crippen LogP contribution is 2.28. The molecule has 0 amide bonds. The monoisotopic (exact) mass is 269 g/mol. The molecule has 1 aromatic carbocycles. The molecule has 0 spiro atoms. The summed E-state index contributed by atoms with van der Waals surface area (Å²) < 4.78 is 25.9. The highest BCUT2D eigenvalue weighted by molar-refractivity contribution is 7.89. The van der Waals surface area contributed by atoms with Crippen LogP contribution in [0.15, 0.2) is 29.2 Å². The van der Waals surface area contributed by atoms with Crippen LogP contribution >= 0.6 is 0 Å². The van der Waals surface area contributed by atoms with Crippen molar-refractivity contribution in [2.24, 2.45) is 0 Å². The Balaban J connectivity index is 2.20. The maximum Gasteiger partial charge on any atom is 0.456 e. The fourth-order valence-electron chi connectivity index (χ4n) is 2.07. The summed E-state index contributed by atoms with van der Waals surface area (Å²) in [6.07, 6.45) is 0.475. The summed E-state index contributed by atoms with van der Waals surface area (Å²) >= 11 is 0. The van der Waals surface area contributed by atoms with Crippen molar-refractivity contribution in [1.82, 2.24) is 4.31 Å². The molecule has 2 N–H and O–H groups in total. The highest BCUT2D eigenvalue weighted by atomic mass is 32.2. The molecule has 1 saturated heterocycles. The zero-order valence-electron chi connectivity index (χ0n) is 10.2. The molecule has 7 heteroatoms. The largest absolute Gasteiger partial charge is 0.456 e. The molecular weight excluding hydrogens is 253 g/mol. The molecule has 5 nitrogen and oxygen atoms in total. The van der Waals surface area contributed by atoms with E-state index in [2.05, 4.69) is 0 Å². The Hall–Kier alpha value is -0.885. The van der Waals surface area contributed by atoms with Crippen LogP contribution in [0.1, 0.15) is 12.0 Å². The summed E-state index contributed by atoms with van der Waals surface area (Å²) in [5.74, 6) is -0.398. The molecule has 2 rings (SSSR count). The third-order valence-corrected chi connectivity index (χ3v) is 5.15. The quantitative estimate of drug-likeness (QED) is 0.770. The van der Waals surface area contributed by atoms with Gasteiger partial charge in [-0.1, -0.05) is 17.7 Å². The van der Waals surface area contributed by atoms with Crippen molar-refractivity contribution < 1.29 is 18.5 Å². The van der Waals surface area contributed by atoms with Crippen LogP contribution in [0.2, 0.25) is 5.82 Å². The lowest BCUT2D eigenvalue weighted by molar-refractivity contribution is 0.383. The Labute approximate surface area is 107 Å². The summed E-state index contributed by atoms with van der Waals surface area (Å²) in [6.45, 7) is 2.39. The molecule has 1 unspecified atom stereocenters. The zero-order valence-corrected chi connectivity index (χ0v) is 11.0. The fourth-order valence-corrected chi connectivity index (χ4v) is 3.59. The number of rotatable bonds is 3. The van der Waals surface area contributed by atoms with Gasteiger partial charge < -0.3 is 10.0 Å². The van der Waals surface area contributed by atoms with E-state index < -0.39 is 23.0 Å². The first-order valence-corrected chi connectivity index (χ1v) is 7.28. The van der Waals surface area contributed by atoms with E-state index in [1.807, 2.05) is 6.92 Å².